The minimum Gasteiger partial charge on any atom is -0.468 e. The van der Waals surface area contributed by atoms with Gasteiger partial charge in [0, 0.05) is 12.3 Å². The van der Waals surface area contributed by atoms with Gasteiger partial charge in [0.25, 0.3) is 0 Å². The smallest absolute Gasteiger partial charge is 0.408 e. The van der Waals surface area contributed by atoms with Gasteiger partial charge in [0.15, 0.2) is 0 Å². The fourth-order valence-electron chi connectivity index (χ4n) is 2.74. The van der Waals surface area contributed by atoms with Crippen LogP contribution in [0, 0.1) is 0 Å². The average molecular weight is 454 g/mol. The van der Waals surface area contributed by atoms with E-state index in [-0.39, 0.29) is 18.8 Å². The minimum absolute atomic E-state index is 0.000133. The van der Waals surface area contributed by atoms with Crippen LogP contribution in [0.3, 0.4) is 0 Å². The van der Waals surface area contributed by atoms with Crippen LogP contribution in [-0.4, -0.2) is 66.4 Å². The lowest BCUT2D eigenvalue weighted by atomic mass is 10.0. The lowest BCUT2D eigenvalue weighted by Gasteiger charge is -2.33. The van der Waals surface area contributed by atoms with Crippen molar-refractivity contribution in [2.45, 2.75) is 45.4 Å². The molecule has 1 rings (SSSR count). The number of ether oxygens (including phenoxy) is 2. The van der Waals surface area contributed by atoms with Crippen molar-refractivity contribution >= 4 is 36.5 Å². The fraction of sp³-hybridized carbons (Fsp3) is 0.524. The molecule has 0 aliphatic heterocycles. The van der Waals surface area contributed by atoms with E-state index in [1.807, 2.05) is 0 Å². The molecule has 0 aromatic heterocycles. The average Bonchev–Trinajstić information content (AvgIpc) is 2.72. The van der Waals surface area contributed by atoms with Gasteiger partial charge in [0.1, 0.15) is 24.2 Å². The summed E-state index contributed by atoms with van der Waals surface area (Å²) in [7, 11) is 1.21. The Labute approximate surface area is 188 Å². The van der Waals surface area contributed by atoms with Crippen LogP contribution in [0.1, 0.15) is 39.3 Å². The highest BCUT2D eigenvalue weighted by Crippen LogP contribution is 2.22. The first kappa shape index (κ1) is 26.3. The fourth-order valence-corrected chi connectivity index (χ4v) is 2.98. The number of thiol groups is 1. The van der Waals surface area contributed by atoms with Crippen LogP contribution in [0.5, 0.6) is 0 Å². The highest BCUT2D eigenvalue weighted by molar-refractivity contribution is 7.80. The number of methoxy groups -OCH3 is 1. The highest BCUT2D eigenvalue weighted by Gasteiger charge is 2.35. The van der Waals surface area contributed by atoms with Crippen molar-refractivity contribution in [2.24, 2.45) is 0 Å². The maximum absolute atomic E-state index is 13.3. The molecule has 0 saturated carbocycles. The van der Waals surface area contributed by atoms with E-state index >= 15 is 0 Å². The number of hydrogen-bond acceptors (Lipinski definition) is 7. The molecule has 1 aromatic rings. The van der Waals surface area contributed by atoms with Crippen LogP contribution in [0.4, 0.5) is 4.79 Å². The second kappa shape index (κ2) is 12.2. The zero-order valence-corrected chi connectivity index (χ0v) is 19.4. The maximum atomic E-state index is 13.3. The van der Waals surface area contributed by atoms with E-state index in [1.165, 1.54) is 12.0 Å². The number of benzene rings is 1. The molecular weight excluding hydrogens is 422 g/mol. The molecule has 31 heavy (non-hydrogen) atoms. The molecule has 0 aliphatic carbocycles. The van der Waals surface area contributed by atoms with Crippen LogP contribution < -0.4 is 10.6 Å². The Morgan fingerprint density at radius 3 is 2.23 bits per heavy atom. The molecule has 172 valence electrons. The van der Waals surface area contributed by atoms with Gasteiger partial charge in [-0.25, -0.2) is 4.79 Å². The molecule has 2 N–H and O–H groups in total. The van der Waals surface area contributed by atoms with Crippen LogP contribution in [0.15, 0.2) is 30.3 Å². The van der Waals surface area contributed by atoms with Gasteiger partial charge < -0.3 is 25.0 Å². The summed E-state index contributed by atoms with van der Waals surface area (Å²) in [6.07, 6.45) is -0.762. The zero-order chi connectivity index (χ0) is 23.6. The minimum atomic E-state index is -1.02. The Morgan fingerprint density at radius 2 is 1.74 bits per heavy atom. The Balaban J connectivity index is 3.15. The summed E-state index contributed by atoms with van der Waals surface area (Å²) in [5.74, 6) is -1.68. The van der Waals surface area contributed by atoms with Crippen molar-refractivity contribution < 1.29 is 28.7 Å². The number of hydrogen-bond donors (Lipinski definition) is 3. The summed E-state index contributed by atoms with van der Waals surface area (Å²) >= 11 is 4.18. The number of likely N-dealkylation sites (N-methyl/N-ethyl adjacent to an activating group) is 1. The van der Waals surface area contributed by atoms with Gasteiger partial charge >= 0.3 is 12.1 Å². The van der Waals surface area contributed by atoms with Crippen LogP contribution in [0.25, 0.3) is 0 Å². The summed E-state index contributed by atoms with van der Waals surface area (Å²) in [5.41, 5.74) is -0.186. The number of carbonyl (C=O) groups is 4. The molecule has 1 aromatic carbocycles. The lowest BCUT2D eigenvalue weighted by molar-refractivity contribution is -0.144. The molecule has 0 spiro atoms. The predicted octanol–water partition coefficient (Wildman–Crippen LogP) is 1.69. The number of esters is 1. The molecule has 9 nitrogen and oxygen atoms in total. The molecular formula is C21H31N3O6S. The second-order valence-electron chi connectivity index (χ2n) is 7.61. The molecule has 0 saturated heterocycles. The third-order valence-corrected chi connectivity index (χ3v) is 4.47. The van der Waals surface area contributed by atoms with Crippen molar-refractivity contribution in [1.82, 2.24) is 15.5 Å². The third kappa shape index (κ3) is 8.49. The van der Waals surface area contributed by atoms with E-state index in [4.69, 9.17) is 4.74 Å². The first-order valence-corrected chi connectivity index (χ1v) is 10.5. The Bertz CT molecular complexity index is 766. The summed E-state index contributed by atoms with van der Waals surface area (Å²) in [5, 5.41) is 5.00. The molecule has 0 heterocycles. The van der Waals surface area contributed by atoms with E-state index in [1.54, 1.807) is 58.0 Å². The Morgan fingerprint density at radius 1 is 1.13 bits per heavy atom. The van der Waals surface area contributed by atoms with Crippen LogP contribution in [-0.2, 0) is 23.9 Å². The normalized spacial score (nSPS) is 12.8. The largest absolute Gasteiger partial charge is 0.468 e. The molecule has 2 atom stereocenters. The predicted molar refractivity (Wildman–Crippen MR) is 119 cm³/mol. The van der Waals surface area contributed by atoms with E-state index in [2.05, 4.69) is 28.0 Å². The molecule has 10 heteroatoms. The standard InChI is InChI=1S/C21H31N3O6S/c1-6-24(19(27)15(13-31)23-20(28)30-21(2,3)4)17(14-10-8-7-9-11-14)18(26)22-12-16(25)29-5/h7-11,15,17,31H,6,12-13H2,1-5H3,(H,22,26)(H,23,28). The maximum Gasteiger partial charge on any atom is 0.408 e. The van der Waals surface area contributed by atoms with Gasteiger partial charge in [-0.05, 0) is 33.3 Å². The van der Waals surface area contributed by atoms with Gasteiger partial charge in [-0.3, -0.25) is 14.4 Å². The van der Waals surface area contributed by atoms with E-state index in [0.29, 0.717) is 5.56 Å². The molecule has 2 unspecified atom stereocenters. The van der Waals surface area contributed by atoms with Crippen molar-refractivity contribution in [1.29, 1.82) is 0 Å². The Kier molecular flexibility index (Phi) is 10.3. The SMILES string of the molecule is CCN(C(=O)C(CS)NC(=O)OC(C)(C)C)C(C(=O)NCC(=O)OC)c1ccccc1. The number of nitrogens with zero attached hydrogens (tertiary/aromatic N) is 1. The molecule has 3 amide bonds. The first-order chi connectivity index (χ1) is 14.5. The van der Waals surface area contributed by atoms with Crippen LogP contribution in [0.2, 0.25) is 0 Å². The van der Waals surface area contributed by atoms with Gasteiger partial charge in [-0.2, -0.15) is 12.6 Å². The number of alkyl carbamates (subject to hydrolysis) is 1. The van der Waals surface area contributed by atoms with Gasteiger partial charge in [-0.15, -0.1) is 0 Å². The first-order valence-electron chi connectivity index (χ1n) is 9.84. The number of nitrogens with one attached hydrogen (secondary N) is 2. The summed E-state index contributed by atoms with van der Waals surface area (Å²) in [6, 6.07) is 6.63. The van der Waals surface area contributed by atoms with E-state index < -0.39 is 41.6 Å². The van der Waals surface area contributed by atoms with Crippen molar-refractivity contribution in [3.05, 3.63) is 35.9 Å². The van der Waals surface area contributed by atoms with Crippen molar-refractivity contribution in [3.63, 3.8) is 0 Å². The molecule has 0 fully saturated rings. The van der Waals surface area contributed by atoms with Crippen molar-refractivity contribution in [3.8, 4) is 0 Å². The zero-order valence-electron chi connectivity index (χ0n) is 18.5. The summed E-state index contributed by atoms with van der Waals surface area (Å²) in [6.45, 7) is 6.67. The monoisotopic (exact) mass is 453 g/mol. The highest BCUT2D eigenvalue weighted by atomic mass is 32.1. The molecule has 0 radical (unpaired) electrons. The summed E-state index contributed by atoms with van der Waals surface area (Å²) < 4.78 is 9.77. The van der Waals surface area contributed by atoms with E-state index in [9.17, 15) is 19.2 Å². The Hall–Kier alpha value is -2.75. The quantitative estimate of drug-likeness (QED) is 0.387. The number of carbonyl (C=O) groups excluding carboxylic acids is 4. The third-order valence-electron chi connectivity index (χ3n) is 4.11. The number of amides is 3. The molecule has 0 bridgehead atoms. The summed E-state index contributed by atoms with van der Waals surface area (Å²) in [4.78, 5) is 51.1. The molecule has 0 aliphatic rings. The topological polar surface area (TPSA) is 114 Å². The second-order valence-corrected chi connectivity index (χ2v) is 7.98. The van der Waals surface area contributed by atoms with Crippen molar-refractivity contribution in [2.75, 3.05) is 26.0 Å². The van der Waals surface area contributed by atoms with Gasteiger partial charge in [0.2, 0.25) is 11.8 Å². The van der Waals surface area contributed by atoms with Gasteiger partial charge in [-0.1, -0.05) is 30.3 Å². The van der Waals surface area contributed by atoms with Crippen LogP contribution >= 0.6 is 12.6 Å². The van der Waals surface area contributed by atoms with Gasteiger partial charge in [0.05, 0.1) is 7.11 Å². The van der Waals surface area contributed by atoms with E-state index in [0.717, 1.165) is 0 Å². The number of rotatable bonds is 9. The lowest BCUT2D eigenvalue weighted by Crippen LogP contribution is -2.54.